The topological polar surface area (TPSA) is 84.6 Å². The number of hydrogen-bond acceptors (Lipinski definition) is 4. The van der Waals surface area contributed by atoms with Gasteiger partial charge in [0.15, 0.2) is 0 Å². The molecule has 0 radical (unpaired) electrons. The molecule has 1 amide bonds. The smallest absolute Gasteiger partial charge is 0.222 e. The highest BCUT2D eigenvalue weighted by Gasteiger charge is 2.10. The van der Waals surface area contributed by atoms with Gasteiger partial charge in [-0.3, -0.25) is 4.79 Å². The molecule has 0 heterocycles. The van der Waals surface area contributed by atoms with Crippen molar-refractivity contribution in [1.82, 2.24) is 5.32 Å². The zero-order valence-corrected chi connectivity index (χ0v) is 8.66. The summed E-state index contributed by atoms with van der Waals surface area (Å²) in [6.07, 6.45) is 1.60. The number of unbranched alkanes of at least 4 members (excludes halogenated alkanes) is 1. The number of aliphatic hydroxyl groups excluding tert-OH is 1. The van der Waals surface area contributed by atoms with E-state index in [0.29, 0.717) is 25.9 Å². The number of nitrogens with two attached hydrogens (primary N) is 1. The largest absolute Gasteiger partial charge is 0.396 e. The van der Waals surface area contributed by atoms with E-state index in [1.165, 1.54) is 7.11 Å². The summed E-state index contributed by atoms with van der Waals surface area (Å²) < 4.78 is 4.97. The lowest BCUT2D eigenvalue weighted by molar-refractivity contribution is -0.123. The van der Waals surface area contributed by atoms with Gasteiger partial charge in [-0.25, -0.2) is 0 Å². The molecule has 0 saturated heterocycles. The van der Waals surface area contributed by atoms with E-state index in [4.69, 9.17) is 15.6 Å². The van der Waals surface area contributed by atoms with E-state index in [2.05, 4.69) is 5.32 Å². The average Bonchev–Trinajstić information content (AvgIpc) is 2.21. The summed E-state index contributed by atoms with van der Waals surface area (Å²) in [6, 6.07) is 0. The Morgan fingerprint density at radius 2 is 2.29 bits per heavy atom. The van der Waals surface area contributed by atoms with Crippen LogP contribution in [-0.2, 0) is 9.53 Å². The molecule has 0 bridgehead atoms. The summed E-state index contributed by atoms with van der Waals surface area (Å²) >= 11 is 0. The number of carbonyl (C=O) groups excluding carboxylic acids is 1. The maximum Gasteiger partial charge on any atom is 0.222 e. The normalized spacial score (nSPS) is 12.5. The zero-order chi connectivity index (χ0) is 10.8. The van der Waals surface area contributed by atoms with Crippen LogP contribution in [0.25, 0.3) is 0 Å². The molecule has 0 aliphatic heterocycles. The Bertz CT molecular complexity index is 149. The first-order chi connectivity index (χ1) is 6.74. The van der Waals surface area contributed by atoms with Gasteiger partial charge in [0.05, 0.1) is 12.5 Å². The number of amides is 1. The first-order valence-corrected chi connectivity index (χ1v) is 4.85. The second-order valence-electron chi connectivity index (χ2n) is 3.08. The van der Waals surface area contributed by atoms with Gasteiger partial charge in [-0.15, -0.1) is 0 Å². The third-order valence-corrected chi connectivity index (χ3v) is 1.92. The van der Waals surface area contributed by atoms with E-state index < -0.39 is 0 Å². The van der Waals surface area contributed by atoms with Crippen LogP contribution < -0.4 is 11.1 Å². The number of ether oxygens (including phenoxy) is 1. The predicted octanol–water partition coefficient (Wildman–Crippen LogP) is -0.761. The number of carbonyl (C=O) groups is 1. The van der Waals surface area contributed by atoms with E-state index in [1.807, 2.05) is 0 Å². The Morgan fingerprint density at radius 1 is 1.57 bits per heavy atom. The van der Waals surface area contributed by atoms with Gasteiger partial charge in [-0.2, -0.15) is 0 Å². The molecule has 5 heteroatoms. The summed E-state index contributed by atoms with van der Waals surface area (Å²) in [4.78, 5) is 11.2. The Morgan fingerprint density at radius 3 is 2.79 bits per heavy atom. The third kappa shape index (κ3) is 6.82. The summed E-state index contributed by atoms with van der Waals surface area (Å²) in [7, 11) is 1.54. The Hall–Kier alpha value is -0.650. The van der Waals surface area contributed by atoms with Crippen LogP contribution in [0, 0.1) is 0 Å². The molecule has 0 rings (SSSR count). The summed E-state index contributed by atoms with van der Waals surface area (Å²) in [6.45, 7) is 1.11. The summed E-state index contributed by atoms with van der Waals surface area (Å²) in [5, 5.41) is 11.2. The fourth-order valence-corrected chi connectivity index (χ4v) is 1.01. The highest BCUT2D eigenvalue weighted by Crippen LogP contribution is 1.94. The van der Waals surface area contributed by atoms with Crippen LogP contribution >= 0.6 is 0 Å². The molecule has 0 aromatic heterocycles. The third-order valence-electron chi connectivity index (χ3n) is 1.92. The van der Waals surface area contributed by atoms with E-state index in [9.17, 15) is 4.79 Å². The van der Waals surface area contributed by atoms with Crippen molar-refractivity contribution < 1.29 is 14.6 Å². The van der Waals surface area contributed by atoms with Crippen molar-refractivity contribution in [2.24, 2.45) is 5.73 Å². The highest BCUT2D eigenvalue weighted by atomic mass is 16.5. The minimum absolute atomic E-state index is 0.0553. The Balaban J connectivity index is 3.44. The van der Waals surface area contributed by atoms with Crippen molar-refractivity contribution in [3.63, 3.8) is 0 Å². The fourth-order valence-electron chi connectivity index (χ4n) is 1.01. The van der Waals surface area contributed by atoms with Gasteiger partial charge in [0.25, 0.3) is 0 Å². The molecule has 1 unspecified atom stereocenters. The Kier molecular flexibility index (Phi) is 8.51. The van der Waals surface area contributed by atoms with Gasteiger partial charge in [-0.05, 0) is 12.8 Å². The molecule has 14 heavy (non-hydrogen) atoms. The van der Waals surface area contributed by atoms with Crippen LogP contribution in [0.1, 0.15) is 19.3 Å². The van der Waals surface area contributed by atoms with Crippen molar-refractivity contribution in [3.8, 4) is 0 Å². The van der Waals surface area contributed by atoms with Crippen LogP contribution in [0.4, 0.5) is 0 Å². The molecule has 1 atom stereocenters. The monoisotopic (exact) mass is 204 g/mol. The molecular weight excluding hydrogens is 184 g/mol. The molecule has 0 spiro atoms. The molecule has 4 N–H and O–H groups in total. The van der Waals surface area contributed by atoms with Crippen LogP contribution in [-0.4, -0.2) is 43.9 Å². The van der Waals surface area contributed by atoms with Crippen LogP contribution in [0.5, 0.6) is 0 Å². The van der Waals surface area contributed by atoms with Crippen molar-refractivity contribution in [2.45, 2.75) is 25.4 Å². The van der Waals surface area contributed by atoms with Crippen LogP contribution in [0.3, 0.4) is 0 Å². The first-order valence-electron chi connectivity index (χ1n) is 4.85. The standard InChI is InChI=1S/C9H20N2O3/c1-14-8(7-10)6-9(13)11-4-2-3-5-12/h8,12H,2-7,10H2,1H3,(H,11,13). The van der Waals surface area contributed by atoms with Gasteiger partial charge in [-0.1, -0.05) is 0 Å². The van der Waals surface area contributed by atoms with E-state index in [0.717, 1.165) is 6.42 Å². The second-order valence-corrected chi connectivity index (χ2v) is 3.08. The lowest BCUT2D eigenvalue weighted by Gasteiger charge is -2.12. The number of rotatable bonds is 8. The van der Waals surface area contributed by atoms with Crippen molar-refractivity contribution >= 4 is 5.91 Å². The molecule has 0 aromatic carbocycles. The lowest BCUT2D eigenvalue weighted by atomic mass is 10.2. The number of hydrogen-bond donors (Lipinski definition) is 3. The van der Waals surface area contributed by atoms with Crippen molar-refractivity contribution in [1.29, 1.82) is 0 Å². The molecule has 5 nitrogen and oxygen atoms in total. The molecule has 0 aliphatic rings. The second kappa shape index (κ2) is 8.93. The molecule has 0 aromatic rings. The fraction of sp³-hybridized carbons (Fsp3) is 0.889. The molecule has 0 fully saturated rings. The predicted molar refractivity (Wildman–Crippen MR) is 53.8 cm³/mol. The van der Waals surface area contributed by atoms with Crippen LogP contribution in [0.2, 0.25) is 0 Å². The maximum absolute atomic E-state index is 11.2. The van der Waals surface area contributed by atoms with E-state index in [1.54, 1.807) is 0 Å². The summed E-state index contributed by atoms with van der Waals surface area (Å²) in [5.74, 6) is -0.0553. The minimum Gasteiger partial charge on any atom is -0.396 e. The van der Waals surface area contributed by atoms with E-state index >= 15 is 0 Å². The van der Waals surface area contributed by atoms with Gasteiger partial charge in [0, 0.05) is 26.8 Å². The van der Waals surface area contributed by atoms with Gasteiger partial charge < -0.3 is 20.9 Å². The van der Waals surface area contributed by atoms with Crippen molar-refractivity contribution in [2.75, 3.05) is 26.8 Å². The van der Waals surface area contributed by atoms with Crippen molar-refractivity contribution in [3.05, 3.63) is 0 Å². The SMILES string of the molecule is COC(CN)CC(=O)NCCCCO. The molecule has 84 valence electrons. The van der Waals surface area contributed by atoms with E-state index in [-0.39, 0.29) is 18.6 Å². The average molecular weight is 204 g/mol. The molecule has 0 saturated carbocycles. The number of aliphatic hydroxyl groups is 1. The van der Waals surface area contributed by atoms with Gasteiger partial charge in [0.1, 0.15) is 0 Å². The van der Waals surface area contributed by atoms with Gasteiger partial charge in [0.2, 0.25) is 5.91 Å². The number of nitrogens with one attached hydrogen (secondary N) is 1. The first kappa shape index (κ1) is 13.4. The van der Waals surface area contributed by atoms with Gasteiger partial charge >= 0.3 is 0 Å². The molecule has 0 aliphatic carbocycles. The minimum atomic E-state index is -0.201. The number of methoxy groups -OCH3 is 1. The molecular formula is C9H20N2O3. The Labute approximate surface area is 84.6 Å². The van der Waals surface area contributed by atoms with Crippen LogP contribution in [0.15, 0.2) is 0 Å². The quantitative estimate of drug-likeness (QED) is 0.454. The lowest BCUT2D eigenvalue weighted by Crippen LogP contribution is -2.32. The summed E-state index contributed by atoms with van der Waals surface area (Å²) in [5.41, 5.74) is 5.37. The maximum atomic E-state index is 11.2. The zero-order valence-electron chi connectivity index (χ0n) is 8.66. The highest BCUT2D eigenvalue weighted by molar-refractivity contribution is 5.76.